The number of carbonyl (C=O) groups excluding carboxylic acids is 2. The molecule has 1 aromatic carbocycles. The predicted octanol–water partition coefficient (Wildman–Crippen LogP) is 4.16. The number of hydrogen-bond donors (Lipinski definition) is 1. The van der Waals surface area contributed by atoms with Crippen LogP contribution in [0, 0.1) is 0 Å². The van der Waals surface area contributed by atoms with Gasteiger partial charge in [-0.15, -0.1) is 0 Å². The lowest BCUT2D eigenvalue weighted by molar-refractivity contribution is -0.122. The van der Waals surface area contributed by atoms with Crippen LogP contribution in [0.25, 0.3) is 6.08 Å². The van der Waals surface area contributed by atoms with Crippen LogP contribution < -0.4 is 0 Å². The summed E-state index contributed by atoms with van der Waals surface area (Å²) in [5, 5.41) is 9.19. The summed E-state index contributed by atoms with van der Waals surface area (Å²) in [6.07, 6.45) is 3.49. The van der Waals surface area contributed by atoms with Crippen molar-refractivity contribution in [1.29, 1.82) is 0 Å². The zero-order valence-corrected chi connectivity index (χ0v) is 14.0. The normalized spacial score (nSPS) is 16.7. The molecular formula is C15H14BrNO3S. The number of rotatable bonds is 3. The summed E-state index contributed by atoms with van der Waals surface area (Å²) < 4.78 is 0.542. The van der Waals surface area contributed by atoms with E-state index in [1.165, 1.54) is 11.0 Å². The van der Waals surface area contributed by atoms with E-state index in [9.17, 15) is 14.7 Å². The van der Waals surface area contributed by atoms with Crippen molar-refractivity contribution in [3.8, 4) is 5.75 Å². The first-order valence-electron chi connectivity index (χ1n) is 6.25. The number of halogens is 1. The first kappa shape index (κ1) is 15.9. The molecule has 0 aromatic heterocycles. The summed E-state index contributed by atoms with van der Waals surface area (Å²) in [5.74, 6) is -0.157. The van der Waals surface area contributed by atoms with E-state index in [-0.39, 0.29) is 16.9 Å². The lowest BCUT2D eigenvalue weighted by Gasteiger charge is -2.09. The molecule has 1 aliphatic heterocycles. The smallest absolute Gasteiger partial charge is 0.293 e. The molecule has 0 saturated carbocycles. The van der Waals surface area contributed by atoms with Gasteiger partial charge in [-0.3, -0.25) is 14.5 Å². The van der Waals surface area contributed by atoms with Gasteiger partial charge < -0.3 is 5.11 Å². The molecule has 2 rings (SSSR count). The van der Waals surface area contributed by atoms with E-state index in [1.807, 2.05) is 19.9 Å². The Hall–Kier alpha value is -1.53. The minimum atomic E-state index is -0.285. The van der Waals surface area contributed by atoms with Gasteiger partial charge in [-0.2, -0.15) is 0 Å². The Morgan fingerprint density at radius 1 is 1.38 bits per heavy atom. The van der Waals surface area contributed by atoms with Crippen LogP contribution in [-0.4, -0.2) is 27.7 Å². The number of carbonyl (C=O) groups is 2. The number of phenolic OH excluding ortho intramolecular Hbond substituents is 1. The van der Waals surface area contributed by atoms with E-state index >= 15 is 0 Å². The first-order valence-corrected chi connectivity index (χ1v) is 7.86. The molecule has 0 unspecified atom stereocenters. The van der Waals surface area contributed by atoms with Crippen LogP contribution >= 0.6 is 27.7 Å². The highest BCUT2D eigenvalue weighted by Crippen LogP contribution is 2.33. The van der Waals surface area contributed by atoms with Crippen molar-refractivity contribution in [2.75, 3.05) is 6.54 Å². The number of thioether (sulfide) groups is 1. The Kier molecular flexibility index (Phi) is 4.90. The van der Waals surface area contributed by atoms with E-state index < -0.39 is 0 Å². The Morgan fingerprint density at radius 3 is 2.71 bits per heavy atom. The summed E-state index contributed by atoms with van der Waals surface area (Å²) in [4.78, 5) is 25.7. The fourth-order valence-electron chi connectivity index (χ4n) is 1.70. The maximum absolute atomic E-state index is 12.2. The van der Waals surface area contributed by atoms with Gasteiger partial charge in [0, 0.05) is 6.54 Å². The number of imide groups is 1. The van der Waals surface area contributed by atoms with Gasteiger partial charge >= 0.3 is 0 Å². The molecule has 1 N–H and O–H groups in total. The highest BCUT2D eigenvalue weighted by Gasteiger charge is 2.34. The second kappa shape index (κ2) is 6.49. The molecule has 110 valence electrons. The van der Waals surface area contributed by atoms with Crippen LogP contribution in [-0.2, 0) is 4.79 Å². The topological polar surface area (TPSA) is 57.6 Å². The van der Waals surface area contributed by atoms with E-state index in [1.54, 1.807) is 18.2 Å². The fourth-order valence-corrected chi connectivity index (χ4v) is 2.94. The summed E-state index contributed by atoms with van der Waals surface area (Å²) in [6.45, 7) is 4.13. The van der Waals surface area contributed by atoms with Gasteiger partial charge in [-0.1, -0.05) is 17.7 Å². The highest BCUT2D eigenvalue weighted by atomic mass is 79.9. The van der Waals surface area contributed by atoms with E-state index in [0.29, 0.717) is 15.9 Å². The van der Waals surface area contributed by atoms with Crippen LogP contribution in [0.3, 0.4) is 0 Å². The van der Waals surface area contributed by atoms with Crippen LogP contribution in [0.4, 0.5) is 4.79 Å². The first-order chi connectivity index (χ1) is 9.88. The van der Waals surface area contributed by atoms with Crippen LogP contribution in [0.1, 0.15) is 19.4 Å². The number of amides is 2. The Balaban J connectivity index is 2.23. The largest absolute Gasteiger partial charge is 0.507 e. The van der Waals surface area contributed by atoms with Gasteiger partial charge in [0.15, 0.2) is 0 Å². The van der Waals surface area contributed by atoms with Gasteiger partial charge in [-0.25, -0.2) is 0 Å². The molecule has 1 aliphatic rings. The van der Waals surface area contributed by atoms with Gasteiger partial charge in [-0.05, 0) is 65.3 Å². The molecule has 0 aliphatic carbocycles. The van der Waals surface area contributed by atoms with Gasteiger partial charge in [0.2, 0.25) is 0 Å². The molecule has 0 bridgehead atoms. The Morgan fingerprint density at radius 2 is 2.10 bits per heavy atom. The minimum Gasteiger partial charge on any atom is -0.507 e. The van der Waals surface area contributed by atoms with Crippen molar-refractivity contribution >= 4 is 44.9 Å². The third-order valence-electron chi connectivity index (χ3n) is 2.83. The second-order valence-corrected chi connectivity index (χ2v) is 6.63. The molecule has 1 saturated heterocycles. The van der Waals surface area contributed by atoms with Gasteiger partial charge in [0.05, 0.1) is 9.38 Å². The number of phenols is 1. The minimum absolute atomic E-state index is 0.129. The van der Waals surface area contributed by atoms with Crippen LogP contribution in [0.2, 0.25) is 0 Å². The van der Waals surface area contributed by atoms with E-state index in [4.69, 9.17) is 0 Å². The average molecular weight is 368 g/mol. The Labute approximate surface area is 135 Å². The summed E-state index contributed by atoms with van der Waals surface area (Å²) in [7, 11) is 0. The molecule has 0 spiro atoms. The van der Waals surface area contributed by atoms with Crippen molar-refractivity contribution in [2.24, 2.45) is 0 Å². The number of allylic oxidation sites excluding steroid dienone is 1. The van der Waals surface area contributed by atoms with Crippen molar-refractivity contribution in [3.05, 3.63) is 44.8 Å². The van der Waals surface area contributed by atoms with Crippen molar-refractivity contribution in [2.45, 2.75) is 13.8 Å². The molecule has 21 heavy (non-hydrogen) atoms. The number of benzene rings is 1. The van der Waals surface area contributed by atoms with Gasteiger partial charge in [0.1, 0.15) is 5.75 Å². The summed E-state index contributed by atoms with van der Waals surface area (Å²) in [6, 6.07) is 4.91. The third kappa shape index (κ3) is 3.77. The molecule has 1 fully saturated rings. The zero-order valence-electron chi connectivity index (χ0n) is 11.6. The number of aromatic hydroxyl groups is 1. The van der Waals surface area contributed by atoms with Crippen LogP contribution in [0.15, 0.2) is 39.2 Å². The predicted molar refractivity (Wildman–Crippen MR) is 87.9 cm³/mol. The quantitative estimate of drug-likeness (QED) is 0.643. The average Bonchev–Trinajstić information content (AvgIpc) is 2.67. The molecule has 0 atom stereocenters. The monoisotopic (exact) mass is 367 g/mol. The lowest BCUT2D eigenvalue weighted by Crippen LogP contribution is -2.28. The van der Waals surface area contributed by atoms with Crippen molar-refractivity contribution in [3.63, 3.8) is 0 Å². The van der Waals surface area contributed by atoms with E-state index in [0.717, 1.165) is 22.9 Å². The van der Waals surface area contributed by atoms with Crippen LogP contribution in [0.5, 0.6) is 5.75 Å². The SMILES string of the molecule is CC(C)=CCN1C(=O)S/C(=C\c2ccc(O)c(Br)c2)C1=O. The molecular weight excluding hydrogens is 354 g/mol. The maximum atomic E-state index is 12.2. The maximum Gasteiger partial charge on any atom is 0.293 e. The summed E-state index contributed by atoms with van der Waals surface area (Å²) >= 11 is 4.15. The zero-order chi connectivity index (χ0) is 15.6. The number of nitrogens with zero attached hydrogens (tertiary/aromatic N) is 1. The fraction of sp³-hybridized carbons (Fsp3) is 0.200. The lowest BCUT2D eigenvalue weighted by atomic mass is 10.2. The molecule has 4 nitrogen and oxygen atoms in total. The molecule has 1 aromatic rings. The molecule has 6 heteroatoms. The van der Waals surface area contributed by atoms with Crippen molar-refractivity contribution in [1.82, 2.24) is 4.90 Å². The highest BCUT2D eigenvalue weighted by molar-refractivity contribution is 9.10. The molecule has 1 heterocycles. The third-order valence-corrected chi connectivity index (χ3v) is 4.37. The summed E-state index contributed by atoms with van der Waals surface area (Å²) in [5.41, 5.74) is 1.80. The standard InChI is InChI=1S/C15H14BrNO3S/c1-9(2)5-6-17-14(19)13(21-15(17)20)8-10-3-4-12(18)11(16)7-10/h3-5,7-8,18H,6H2,1-2H3/b13-8-. The van der Waals surface area contributed by atoms with E-state index in [2.05, 4.69) is 15.9 Å². The molecule has 2 amide bonds. The Bertz CT molecular complexity index is 663. The molecule has 0 radical (unpaired) electrons. The second-order valence-electron chi connectivity index (χ2n) is 4.78. The van der Waals surface area contributed by atoms with Gasteiger partial charge in [0.25, 0.3) is 11.1 Å². The number of hydrogen-bond acceptors (Lipinski definition) is 4. The van der Waals surface area contributed by atoms with Crippen molar-refractivity contribution < 1.29 is 14.7 Å².